The number of nitrogens with one attached hydrogen (secondary N) is 1. The van der Waals surface area contributed by atoms with Crippen LogP contribution in [0.5, 0.6) is 0 Å². The van der Waals surface area contributed by atoms with Gasteiger partial charge in [-0.25, -0.2) is 4.79 Å². The summed E-state index contributed by atoms with van der Waals surface area (Å²) >= 11 is 5.94. The minimum absolute atomic E-state index is 0.00449. The van der Waals surface area contributed by atoms with Gasteiger partial charge < -0.3 is 15.5 Å². The fraction of sp³-hybridized carbons (Fsp3) is 0.520. The molecule has 9 nitrogen and oxygen atoms in total. The summed E-state index contributed by atoms with van der Waals surface area (Å²) in [5, 5.41) is 0.543. The number of aromatic nitrogens is 2. The van der Waals surface area contributed by atoms with E-state index in [-0.39, 0.29) is 35.8 Å². The van der Waals surface area contributed by atoms with Gasteiger partial charge in [-0.3, -0.25) is 23.9 Å². The van der Waals surface area contributed by atoms with E-state index in [1.807, 2.05) is 20.8 Å². The van der Waals surface area contributed by atoms with Gasteiger partial charge in [0.1, 0.15) is 5.82 Å². The van der Waals surface area contributed by atoms with Gasteiger partial charge in [0.2, 0.25) is 5.91 Å². The first-order valence-electron chi connectivity index (χ1n) is 12.1. The Balaban J connectivity index is 1.92. The Kier molecular flexibility index (Phi) is 8.77. The number of anilines is 2. The molecule has 0 spiro atoms. The van der Waals surface area contributed by atoms with E-state index in [0.717, 1.165) is 6.42 Å². The van der Waals surface area contributed by atoms with Crippen molar-refractivity contribution in [3.8, 4) is 0 Å². The number of rotatable bonds is 8. The molecule has 190 valence electrons. The van der Waals surface area contributed by atoms with Gasteiger partial charge in [-0.15, -0.1) is 0 Å². The van der Waals surface area contributed by atoms with Crippen LogP contribution in [0.15, 0.2) is 33.9 Å². The van der Waals surface area contributed by atoms with Crippen LogP contribution in [0.3, 0.4) is 0 Å². The van der Waals surface area contributed by atoms with Crippen molar-refractivity contribution in [1.82, 2.24) is 14.5 Å². The highest BCUT2D eigenvalue weighted by atomic mass is 35.5. The summed E-state index contributed by atoms with van der Waals surface area (Å²) in [4.78, 5) is 57.4. The molecule has 0 saturated carbocycles. The molecule has 1 aromatic carbocycles. The van der Waals surface area contributed by atoms with Crippen LogP contribution < -0.4 is 21.9 Å². The number of unbranched alkanes of at least 4 members (excludes halogenated alkanes) is 1. The number of benzene rings is 1. The summed E-state index contributed by atoms with van der Waals surface area (Å²) in [5.41, 5.74) is 5.55. The predicted molar refractivity (Wildman–Crippen MR) is 138 cm³/mol. The number of amides is 2. The molecule has 2 amide bonds. The zero-order valence-corrected chi connectivity index (χ0v) is 21.3. The van der Waals surface area contributed by atoms with E-state index in [4.69, 9.17) is 17.3 Å². The highest BCUT2D eigenvalue weighted by molar-refractivity contribution is 6.30. The third-order valence-corrected chi connectivity index (χ3v) is 6.43. The van der Waals surface area contributed by atoms with Crippen LogP contribution in [0.4, 0.5) is 11.5 Å². The maximum atomic E-state index is 13.8. The number of piperidine rings is 1. The Morgan fingerprint density at radius 3 is 2.54 bits per heavy atom. The summed E-state index contributed by atoms with van der Waals surface area (Å²) in [6, 6.07) is 6.66. The van der Waals surface area contributed by atoms with E-state index >= 15 is 0 Å². The number of carbonyl (C=O) groups is 2. The summed E-state index contributed by atoms with van der Waals surface area (Å²) in [6.07, 6.45) is 2.72. The lowest BCUT2D eigenvalue weighted by Crippen LogP contribution is -2.49. The number of hydrogen-bond acceptors (Lipinski definition) is 5. The van der Waals surface area contributed by atoms with Crippen molar-refractivity contribution in [3.05, 3.63) is 55.7 Å². The number of hydrogen-bond donors (Lipinski definition) is 2. The fourth-order valence-corrected chi connectivity index (χ4v) is 4.52. The first kappa shape index (κ1) is 26.5. The molecule has 0 bridgehead atoms. The zero-order chi connectivity index (χ0) is 25.7. The van der Waals surface area contributed by atoms with Crippen molar-refractivity contribution in [1.29, 1.82) is 0 Å². The average Bonchev–Trinajstić information content (AvgIpc) is 2.83. The molecule has 3 rings (SSSR count). The van der Waals surface area contributed by atoms with Gasteiger partial charge >= 0.3 is 5.69 Å². The van der Waals surface area contributed by atoms with Crippen LogP contribution in [-0.2, 0) is 11.3 Å². The first-order chi connectivity index (χ1) is 16.6. The number of H-pyrrole nitrogens is 1. The van der Waals surface area contributed by atoms with Crippen molar-refractivity contribution < 1.29 is 9.59 Å². The lowest BCUT2D eigenvalue weighted by Gasteiger charge is -2.35. The number of aromatic amines is 1. The number of halogens is 1. The standard InChI is InChI=1S/C25H34ClN5O4/c1-4-5-13-30(20-21(27)31(14-16(2)3)25(35)28-22(20)32)24(34)18-7-6-12-29(15-18)23(33)17-8-10-19(26)11-9-17/h8-11,16,18H,4-7,12-15,27H2,1-3H3,(H,28,32,35). The summed E-state index contributed by atoms with van der Waals surface area (Å²) in [5.74, 6) is -0.816. The molecule has 3 N–H and O–H groups in total. The van der Waals surface area contributed by atoms with Gasteiger partial charge in [-0.1, -0.05) is 38.8 Å². The maximum absolute atomic E-state index is 13.8. The minimum Gasteiger partial charge on any atom is -0.383 e. The van der Waals surface area contributed by atoms with E-state index in [9.17, 15) is 19.2 Å². The minimum atomic E-state index is -0.679. The topological polar surface area (TPSA) is 121 Å². The second-order valence-corrected chi connectivity index (χ2v) is 9.87. The number of carbonyl (C=O) groups excluding carboxylic acids is 2. The molecule has 10 heteroatoms. The van der Waals surface area contributed by atoms with Gasteiger partial charge in [0.05, 0.1) is 5.92 Å². The highest BCUT2D eigenvalue weighted by Crippen LogP contribution is 2.26. The molecule has 1 aliphatic heterocycles. The van der Waals surface area contributed by atoms with E-state index in [1.54, 1.807) is 29.2 Å². The van der Waals surface area contributed by atoms with Crippen LogP contribution in [0.1, 0.15) is 56.8 Å². The summed E-state index contributed by atoms with van der Waals surface area (Å²) in [6.45, 7) is 7.26. The Morgan fingerprint density at radius 1 is 1.23 bits per heavy atom. The second kappa shape index (κ2) is 11.6. The molecule has 35 heavy (non-hydrogen) atoms. The van der Waals surface area contributed by atoms with Crippen LogP contribution in [-0.4, -0.2) is 45.9 Å². The van der Waals surface area contributed by atoms with Gasteiger partial charge in [0, 0.05) is 36.8 Å². The van der Waals surface area contributed by atoms with Gasteiger partial charge in [0.15, 0.2) is 5.69 Å². The Hall–Kier alpha value is -3.07. The first-order valence-corrected chi connectivity index (χ1v) is 12.5. The molecular weight excluding hydrogens is 470 g/mol. The molecule has 0 aliphatic carbocycles. The zero-order valence-electron chi connectivity index (χ0n) is 20.6. The Labute approximate surface area is 209 Å². The van der Waals surface area contributed by atoms with E-state index in [0.29, 0.717) is 49.5 Å². The second-order valence-electron chi connectivity index (χ2n) is 9.44. The molecule has 2 aromatic rings. The molecule has 1 saturated heterocycles. The molecule has 1 aliphatic rings. The third kappa shape index (κ3) is 6.14. The van der Waals surface area contributed by atoms with E-state index < -0.39 is 17.2 Å². The van der Waals surface area contributed by atoms with Crippen LogP contribution in [0, 0.1) is 11.8 Å². The van der Waals surface area contributed by atoms with Crippen molar-refractivity contribution >= 4 is 34.9 Å². The van der Waals surface area contributed by atoms with Gasteiger partial charge in [0.25, 0.3) is 11.5 Å². The number of nitrogen functional groups attached to an aromatic ring is 1. The SMILES string of the molecule is CCCCN(C(=O)C1CCCN(C(=O)c2ccc(Cl)cc2)C1)c1c(N)n(CC(C)C)c(=O)[nH]c1=O. The fourth-order valence-electron chi connectivity index (χ4n) is 4.39. The Bertz CT molecular complexity index is 1170. The van der Waals surface area contributed by atoms with Crippen LogP contribution >= 0.6 is 11.6 Å². The largest absolute Gasteiger partial charge is 0.383 e. The smallest absolute Gasteiger partial charge is 0.330 e. The van der Waals surface area contributed by atoms with Crippen molar-refractivity contribution in [3.63, 3.8) is 0 Å². The molecule has 1 atom stereocenters. The number of nitrogens with two attached hydrogens (primary N) is 1. The van der Waals surface area contributed by atoms with Gasteiger partial charge in [-0.05, 0) is 49.4 Å². The van der Waals surface area contributed by atoms with Crippen molar-refractivity contribution in [2.24, 2.45) is 11.8 Å². The molecule has 0 radical (unpaired) electrons. The maximum Gasteiger partial charge on any atom is 0.330 e. The summed E-state index contributed by atoms with van der Waals surface area (Å²) < 4.78 is 1.31. The van der Waals surface area contributed by atoms with Crippen molar-refractivity contribution in [2.75, 3.05) is 30.3 Å². The lowest BCUT2D eigenvalue weighted by molar-refractivity contribution is -0.123. The van der Waals surface area contributed by atoms with Crippen LogP contribution in [0.25, 0.3) is 0 Å². The van der Waals surface area contributed by atoms with Gasteiger partial charge in [-0.2, -0.15) is 0 Å². The Morgan fingerprint density at radius 2 is 1.91 bits per heavy atom. The van der Waals surface area contributed by atoms with E-state index in [2.05, 4.69) is 4.98 Å². The monoisotopic (exact) mass is 503 g/mol. The number of nitrogens with zero attached hydrogens (tertiary/aromatic N) is 3. The molecule has 1 fully saturated rings. The normalized spacial score (nSPS) is 15.9. The average molecular weight is 504 g/mol. The lowest BCUT2D eigenvalue weighted by atomic mass is 9.95. The van der Waals surface area contributed by atoms with Crippen molar-refractivity contribution in [2.45, 2.75) is 53.0 Å². The predicted octanol–water partition coefficient (Wildman–Crippen LogP) is 3.11. The third-order valence-electron chi connectivity index (χ3n) is 6.18. The molecular formula is C25H34ClN5O4. The molecule has 2 heterocycles. The van der Waals surface area contributed by atoms with Crippen LogP contribution in [0.2, 0.25) is 5.02 Å². The quantitative estimate of drug-likeness (QED) is 0.573. The molecule has 1 aromatic heterocycles. The summed E-state index contributed by atoms with van der Waals surface area (Å²) in [7, 11) is 0. The number of likely N-dealkylation sites (tertiary alicyclic amines) is 1. The van der Waals surface area contributed by atoms with E-state index in [1.165, 1.54) is 9.47 Å². The molecule has 1 unspecified atom stereocenters. The highest BCUT2D eigenvalue weighted by Gasteiger charge is 2.34.